The van der Waals surface area contributed by atoms with Crippen LogP contribution >= 0.6 is 0 Å². The maximum atomic E-state index is 11.8. The van der Waals surface area contributed by atoms with Crippen LogP contribution in [-0.2, 0) is 16.5 Å². The molecule has 2 amide bonds. The fourth-order valence-corrected chi connectivity index (χ4v) is 2.58. The lowest BCUT2D eigenvalue weighted by atomic mass is 10.1. The Labute approximate surface area is 140 Å². The van der Waals surface area contributed by atoms with Crippen molar-refractivity contribution in [1.29, 1.82) is 0 Å². The highest BCUT2D eigenvalue weighted by Crippen LogP contribution is 2.15. The van der Waals surface area contributed by atoms with Gasteiger partial charge < -0.3 is 15.4 Å². The average molecular weight is 350 g/mol. The number of hydrogen-bond acceptors (Lipinski definition) is 4. The van der Waals surface area contributed by atoms with Crippen LogP contribution in [0.3, 0.4) is 0 Å². The Balaban J connectivity index is 1.87. The summed E-state index contributed by atoms with van der Waals surface area (Å²) in [4.78, 5) is 11.5. The zero-order chi connectivity index (χ0) is 17.6. The second kappa shape index (κ2) is 7.80. The van der Waals surface area contributed by atoms with E-state index in [1.54, 1.807) is 7.11 Å². The molecule has 0 aromatic heterocycles. The molecule has 2 aromatic carbocycles. The van der Waals surface area contributed by atoms with Crippen LogP contribution in [0, 0.1) is 0 Å². The van der Waals surface area contributed by atoms with Gasteiger partial charge in [-0.1, -0.05) is 18.2 Å². The number of nitrogens with one attached hydrogen (secondary N) is 2. The van der Waals surface area contributed by atoms with Crippen LogP contribution in [0.4, 0.5) is 10.5 Å². The molecule has 0 aliphatic heterocycles. The van der Waals surface area contributed by atoms with E-state index in [2.05, 4.69) is 10.6 Å². The molecule has 2 rings (SSSR count). The minimum atomic E-state index is -4.30. The van der Waals surface area contributed by atoms with Gasteiger partial charge in [-0.2, -0.15) is 8.42 Å². The van der Waals surface area contributed by atoms with Gasteiger partial charge in [0, 0.05) is 12.2 Å². The smallest absolute Gasteiger partial charge is 0.319 e. The first-order valence-corrected chi connectivity index (χ1v) is 8.58. The number of amides is 2. The Morgan fingerprint density at radius 1 is 1.17 bits per heavy atom. The molecule has 0 heterocycles. The Hall–Kier alpha value is -2.58. The van der Waals surface area contributed by atoms with Gasteiger partial charge in [-0.3, -0.25) is 4.55 Å². The van der Waals surface area contributed by atoms with Gasteiger partial charge in [-0.25, -0.2) is 4.79 Å². The molecule has 0 aliphatic carbocycles. The number of urea groups is 1. The van der Waals surface area contributed by atoms with Gasteiger partial charge >= 0.3 is 6.03 Å². The Kier molecular flexibility index (Phi) is 5.78. The third kappa shape index (κ3) is 5.25. The molecule has 24 heavy (non-hydrogen) atoms. The van der Waals surface area contributed by atoms with Crippen molar-refractivity contribution in [1.82, 2.24) is 5.32 Å². The van der Waals surface area contributed by atoms with E-state index in [9.17, 15) is 13.2 Å². The minimum Gasteiger partial charge on any atom is -0.497 e. The topological polar surface area (TPSA) is 105 Å². The van der Waals surface area contributed by atoms with Crippen molar-refractivity contribution in [2.24, 2.45) is 0 Å². The van der Waals surface area contributed by atoms with Crippen molar-refractivity contribution >= 4 is 21.8 Å². The van der Waals surface area contributed by atoms with Crippen molar-refractivity contribution < 1.29 is 22.5 Å². The maximum absolute atomic E-state index is 11.8. The largest absolute Gasteiger partial charge is 0.497 e. The molecule has 7 nitrogen and oxygen atoms in total. The summed E-state index contributed by atoms with van der Waals surface area (Å²) in [7, 11) is -2.72. The molecule has 0 atom stereocenters. The van der Waals surface area contributed by atoms with E-state index in [0.717, 1.165) is 11.3 Å². The number of anilines is 1. The highest BCUT2D eigenvalue weighted by Gasteiger charge is 2.10. The van der Waals surface area contributed by atoms with Gasteiger partial charge in [0.25, 0.3) is 10.1 Å². The number of benzene rings is 2. The van der Waals surface area contributed by atoms with Crippen molar-refractivity contribution in [2.75, 3.05) is 19.0 Å². The van der Waals surface area contributed by atoms with Crippen molar-refractivity contribution in [3.63, 3.8) is 0 Å². The van der Waals surface area contributed by atoms with Crippen molar-refractivity contribution in [3.05, 3.63) is 54.1 Å². The summed E-state index contributed by atoms with van der Waals surface area (Å²) in [5.41, 5.74) is 1.28. The van der Waals surface area contributed by atoms with Crippen LogP contribution in [-0.4, -0.2) is 32.7 Å². The minimum absolute atomic E-state index is 0.268. The maximum Gasteiger partial charge on any atom is 0.319 e. The monoisotopic (exact) mass is 350 g/mol. The molecule has 0 bridgehead atoms. The lowest BCUT2D eigenvalue weighted by molar-refractivity contribution is 0.252. The molecule has 0 radical (unpaired) electrons. The number of rotatable bonds is 6. The SMILES string of the molecule is COc1cccc(CCNC(=O)Nc2cccc(S(=O)(=O)O)c2)c1. The van der Waals surface area contributed by atoms with Crippen LogP contribution in [0.5, 0.6) is 5.75 Å². The predicted molar refractivity (Wildman–Crippen MR) is 90.0 cm³/mol. The van der Waals surface area contributed by atoms with Crippen molar-refractivity contribution in [2.45, 2.75) is 11.3 Å². The summed E-state index contributed by atoms with van der Waals surface area (Å²) in [6.45, 7) is 0.400. The summed E-state index contributed by atoms with van der Waals surface area (Å²) in [6, 6.07) is 12.4. The summed E-state index contributed by atoms with van der Waals surface area (Å²) >= 11 is 0. The van der Waals surface area contributed by atoms with E-state index in [1.165, 1.54) is 24.3 Å². The molecular formula is C16H18N2O5S. The number of hydrogen-bond donors (Lipinski definition) is 3. The second-order valence-electron chi connectivity index (χ2n) is 4.99. The molecule has 3 N–H and O–H groups in total. The lowest BCUT2D eigenvalue weighted by Gasteiger charge is -2.09. The predicted octanol–water partition coefficient (Wildman–Crippen LogP) is 2.31. The molecule has 8 heteroatoms. The Bertz CT molecular complexity index is 821. The summed E-state index contributed by atoms with van der Waals surface area (Å²) < 4.78 is 36.3. The highest BCUT2D eigenvalue weighted by atomic mass is 32.2. The van der Waals surface area contributed by atoms with E-state index in [4.69, 9.17) is 9.29 Å². The fourth-order valence-electron chi connectivity index (χ4n) is 2.06. The zero-order valence-corrected chi connectivity index (χ0v) is 13.8. The van der Waals surface area contributed by atoms with E-state index in [0.29, 0.717) is 13.0 Å². The van der Waals surface area contributed by atoms with Crippen LogP contribution in [0.15, 0.2) is 53.4 Å². The van der Waals surface area contributed by atoms with Crippen LogP contribution < -0.4 is 15.4 Å². The first-order chi connectivity index (χ1) is 11.4. The molecule has 0 saturated heterocycles. The zero-order valence-electron chi connectivity index (χ0n) is 13.0. The number of carbonyl (C=O) groups is 1. The molecular weight excluding hydrogens is 332 g/mol. The summed E-state index contributed by atoms with van der Waals surface area (Å²) in [5, 5.41) is 5.19. The van der Waals surface area contributed by atoms with Gasteiger partial charge in [0.05, 0.1) is 12.0 Å². The standard InChI is InChI=1S/C16H18N2O5S/c1-23-14-6-2-4-12(10-14)8-9-17-16(19)18-13-5-3-7-15(11-13)24(20,21)22/h2-7,10-11H,8-9H2,1H3,(H2,17,18,19)(H,20,21,22). The number of methoxy groups -OCH3 is 1. The lowest BCUT2D eigenvalue weighted by Crippen LogP contribution is -2.30. The van der Waals surface area contributed by atoms with Gasteiger partial charge in [0.15, 0.2) is 0 Å². The first kappa shape index (κ1) is 17.8. The van der Waals surface area contributed by atoms with Crippen LogP contribution in [0.1, 0.15) is 5.56 Å². The molecule has 0 saturated carbocycles. The van der Waals surface area contributed by atoms with Gasteiger partial charge in [-0.15, -0.1) is 0 Å². The Morgan fingerprint density at radius 3 is 2.62 bits per heavy atom. The third-order valence-corrected chi connectivity index (χ3v) is 4.07. The first-order valence-electron chi connectivity index (χ1n) is 7.14. The second-order valence-corrected chi connectivity index (χ2v) is 6.41. The van der Waals surface area contributed by atoms with Crippen LogP contribution in [0.2, 0.25) is 0 Å². The van der Waals surface area contributed by atoms with E-state index >= 15 is 0 Å². The van der Waals surface area contributed by atoms with Gasteiger partial charge in [0.1, 0.15) is 5.75 Å². The molecule has 2 aromatic rings. The molecule has 0 aliphatic rings. The molecule has 0 fully saturated rings. The normalized spacial score (nSPS) is 10.9. The van der Waals surface area contributed by atoms with Crippen LogP contribution in [0.25, 0.3) is 0 Å². The average Bonchev–Trinajstić information content (AvgIpc) is 2.54. The number of ether oxygens (including phenoxy) is 1. The number of carbonyl (C=O) groups excluding carboxylic acids is 1. The van der Waals surface area contributed by atoms with Crippen molar-refractivity contribution in [3.8, 4) is 5.75 Å². The Morgan fingerprint density at radius 2 is 1.92 bits per heavy atom. The molecule has 128 valence electrons. The van der Waals surface area contributed by atoms with E-state index < -0.39 is 16.1 Å². The van der Waals surface area contributed by atoms with Gasteiger partial charge in [0.2, 0.25) is 0 Å². The fraction of sp³-hybridized carbons (Fsp3) is 0.188. The quantitative estimate of drug-likeness (QED) is 0.694. The molecule has 0 spiro atoms. The molecule has 0 unspecified atom stereocenters. The van der Waals surface area contributed by atoms with E-state index in [1.807, 2.05) is 24.3 Å². The highest BCUT2D eigenvalue weighted by molar-refractivity contribution is 7.85. The summed E-state index contributed by atoms with van der Waals surface area (Å²) in [5.74, 6) is 0.749. The van der Waals surface area contributed by atoms with Gasteiger partial charge in [-0.05, 0) is 42.3 Å². The third-order valence-electron chi connectivity index (χ3n) is 3.22. The van der Waals surface area contributed by atoms with E-state index in [-0.39, 0.29) is 10.6 Å². The summed E-state index contributed by atoms with van der Waals surface area (Å²) in [6.07, 6.45) is 0.621.